The van der Waals surface area contributed by atoms with Gasteiger partial charge in [-0.25, -0.2) is 0 Å². The lowest BCUT2D eigenvalue weighted by Gasteiger charge is -2.58. The standard InChI is InChI=1S/C21H26N2O3/c1-4-19(25)22-11-17-21(18(13-24)23(17)20(26)12-22)16-9-7-15(8-10-16)6-5-14(2)3/h7-10,14,17-18,21,24H,4,11-13H2,1-3H3/t17-,18-,21+/m1/s1. The van der Waals surface area contributed by atoms with Gasteiger partial charge in [0, 0.05) is 30.4 Å². The van der Waals surface area contributed by atoms with E-state index in [-0.39, 0.29) is 43.0 Å². The summed E-state index contributed by atoms with van der Waals surface area (Å²) < 4.78 is 0. The second-order valence-electron chi connectivity index (χ2n) is 7.32. The van der Waals surface area contributed by atoms with Crippen LogP contribution in [0.3, 0.4) is 0 Å². The van der Waals surface area contributed by atoms with Crippen molar-refractivity contribution in [3.05, 3.63) is 35.4 Å². The predicted octanol–water partition coefficient (Wildman–Crippen LogP) is 1.60. The van der Waals surface area contributed by atoms with E-state index in [0.29, 0.717) is 18.9 Å². The van der Waals surface area contributed by atoms with Crippen LogP contribution in [0.1, 0.15) is 44.2 Å². The molecule has 2 amide bonds. The summed E-state index contributed by atoms with van der Waals surface area (Å²) in [5.74, 6) is 6.59. The molecular weight excluding hydrogens is 328 g/mol. The Morgan fingerprint density at radius 2 is 2.00 bits per heavy atom. The Bertz CT molecular complexity index is 745. The molecule has 0 unspecified atom stereocenters. The maximum atomic E-state index is 12.4. The number of fused-ring (bicyclic) bond motifs is 1. The smallest absolute Gasteiger partial charge is 0.242 e. The summed E-state index contributed by atoms with van der Waals surface area (Å²) in [7, 11) is 0. The second kappa shape index (κ2) is 7.51. The first-order chi connectivity index (χ1) is 12.5. The maximum absolute atomic E-state index is 12.4. The number of aliphatic hydroxyl groups excluding tert-OH is 1. The molecule has 26 heavy (non-hydrogen) atoms. The van der Waals surface area contributed by atoms with Crippen molar-refractivity contribution in [1.29, 1.82) is 0 Å². The quantitative estimate of drug-likeness (QED) is 0.839. The van der Waals surface area contributed by atoms with Gasteiger partial charge in [-0.05, 0) is 17.7 Å². The van der Waals surface area contributed by atoms with Crippen LogP contribution < -0.4 is 0 Å². The first-order valence-electron chi connectivity index (χ1n) is 9.27. The van der Waals surface area contributed by atoms with Gasteiger partial charge in [-0.3, -0.25) is 9.59 Å². The fraction of sp³-hybridized carbons (Fsp3) is 0.524. The molecule has 2 fully saturated rings. The lowest BCUT2D eigenvalue weighted by Crippen LogP contribution is -2.73. The highest BCUT2D eigenvalue weighted by Crippen LogP contribution is 2.42. The number of benzene rings is 1. The van der Waals surface area contributed by atoms with E-state index in [1.54, 1.807) is 9.80 Å². The van der Waals surface area contributed by atoms with Gasteiger partial charge in [0.15, 0.2) is 0 Å². The Morgan fingerprint density at radius 1 is 1.31 bits per heavy atom. The average molecular weight is 354 g/mol. The van der Waals surface area contributed by atoms with Crippen molar-refractivity contribution in [3.63, 3.8) is 0 Å². The number of amides is 2. The summed E-state index contributed by atoms with van der Waals surface area (Å²) >= 11 is 0. The van der Waals surface area contributed by atoms with Gasteiger partial charge in [-0.2, -0.15) is 0 Å². The molecule has 3 rings (SSSR count). The van der Waals surface area contributed by atoms with Gasteiger partial charge in [0.25, 0.3) is 0 Å². The normalized spacial score (nSPS) is 24.7. The maximum Gasteiger partial charge on any atom is 0.242 e. The van der Waals surface area contributed by atoms with E-state index in [9.17, 15) is 14.7 Å². The van der Waals surface area contributed by atoms with Crippen LogP contribution in [0.25, 0.3) is 0 Å². The number of carbonyl (C=O) groups excluding carboxylic acids is 2. The molecule has 2 aliphatic heterocycles. The summed E-state index contributed by atoms with van der Waals surface area (Å²) in [4.78, 5) is 27.9. The molecule has 2 aliphatic rings. The largest absolute Gasteiger partial charge is 0.394 e. The molecule has 138 valence electrons. The topological polar surface area (TPSA) is 60.9 Å². The molecular formula is C21H26N2O3. The molecule has 2 heterocycles. The molecule has 1 aromatic carbocycles. The number of rotatable bonds is 3. The fourth-order valence-corrected chi connectivity index (χ4v) is 3.93. The number of nitrogens with zero attached hydrogens (tertiary/aromatic N) is 2. The van der Waals surface area contributed by atoms with Crippen LogP contribution in [0, 0.1) is 17.8 Å². The van der Waals surface area contributed by atoms with Gasteiger partial charge < -0.3 is 14.9 Å². The summed E-state index contributed by atoms with van der Waals surface area (Å²) in [5.41, 5.74) is 2.04. The highest BCUT2D eigenvalue weighted by Gasteiger charge is 2.54. The third kappa shape index (κ3) is 3.34. The Labute approximate surface area is 155 Å². The van der Waals surface area contributed by atoms with Gasteiger partial charge in [0.05, 0.1) is 25.2 Å². The Balaban J connectivity index is 1.81. The molecule has 0 bridgehead atoms. The molecule has 0 saturated carbocycles. The molecule has 5 heteroatoms. The van der Waals surface area contributed by atoms with Crippen molar-refractivity contribution in [3.8, 4) is 11.8 Å². The minimum absolute atomic E-state index is 0.00325. The molecule has 1 N–H and O–H groups in total. The van der Waals surface area contributed by atoms with Crippen LogP contribution in [-0.4, -0.2) is 58.5 Å². The van der Waals surface area contributed by atoms with E-state index < -0.39 is 0 Å². The van der Waals surface area contributed by atoms with Crippen LogP contribution in [0.5, 0.6) is 0 Å². The number of carbonyl (C=O) groups is 2. The summed E-state index contributed by atoms with van der Waals surface area (Å²) in [6.45, 7) is 6.51. The van der Waals surface area contributed by atoms with Gasteiger partial charge in [-0.15, -0.1) is 0 Å². The van der Waals surface area contributed by atoms with E-state index in [2.05, 4.69) is 25.7 Å². The molecule has 2 saturated heterocycles. The van der Waals surface area contributed by atoms with Gasteiger partial charge >= 0.3 is 0 Å². The average Bonchev–Trinajstić information content (AvgIpc) is 2.61. The van der Waals surface area contributed by atoms with E-state index in [0.717, 1.165) is 11.1 Å². The predicted molar refractivity (Wildman–Crippen MR) is 99.3 cm³/mol. The molecule has 0 aromatic heterocycles. The zero-order chi connectivity index (χ0) is 18.8. The van der Waals surface area contributed by atoms with Crippen LogP contribution in [0.15, 0.2) is 24.3 Å². The molecule has 1 aromatic rings. The van der Waals surface area contributed by atoms with Crippen LogP contribution in [0.2, 0.25) is 0 Å². The van der Waals surface area contributed by atoms with Gasteiger partial charge in [0.2, 0.25) is 11.8 Å². The fourth-order valence-electron chi connectivity index (χ4n) is 3.93. The van der Waals surface area contributed by atoms with Crippen LogP contribution in [0.4, 0.5) is 0 Å². The first-order valence-corrected chi connectivity index (χ1v) is 9.27. The summed E-state index contributed by atoms with van der Waals surface area (Å²) in [5, 5.41) is 9.80. The molecule has 5 nitrogen and oxygen atoms in total. The lowest BCUT2D eigenvalue weighted by molar-refractivity contribution is -0.166. The lowest BCUT2D eigenvalue weighted by atomic mass is 9.73. The SMILES string of the molecule is CCC(=O)N1CC(=O)N2[C@H](CO)[C@@H](c3ccc(C#CC(C)C)cc3)[C@H]2C1. The molecule has 0 radical (unpaired) electrons. The monoisotopic (exact) mass is 354 g/mol. The van der Waals surface area contributed by atoms with Gasteiger partial charge in [0.1, 0.15) is 0 Å². The first kappa shape index (κ1) is 18.5. The minimum Gasteiger partial charge on any atom is -0.394 e. The number of hydrogen-bond acceptors (Lipinski definition) is 3. The third-order valence-corrected chi connectivity index (χ3v) is 5.21. The van der Waals surface area contributed by atoms with Crippen LogP contribution in [-0.2, 0) is 9.59 Å². The second-order valence-corrected chi connectivity index (χ2v) is 7.32. The molecule has 3 atom stereocenters. The Kier molecular flexibility index (Phi) is 5.33. The van der Waals surface area contributed by atoms with Gasteiger partial charge in [-0.1, -0.05) is 44.7 Å². The minimum atomic E-state index is -0.209. The van der Waals surface area contributed by atoms with E-state index in [4.69, 9.17) is 0 Å². The third-order valence-electron chi connectivity index (χ3n) is 5.21. The number of aliphatic hydroxyl groups is 1. The zero-order valence-electron chi connectivity index (χ0n) is 15.6. The van der Waals surface area contributed by atoms with Crippen molar-refractivity contribution >= 4 is 11.8 Å². The summed E-state index contributed by atoms with van der Waals surface area (Å²) in [6.07, 6.45) is 0.400. The van der Waals surface area contributed by atoms with E-state index in [1.807, 2.05) is 31.2 Å². The highest BCUT2D eigenvalue weighted by atomic mass is 16.3. The van der Waals surface area contributed by atoms with Crippen molar-refractivity contribution < 1.29 is 14.7 Å². The molecule has 0 spiro atoms. The highest BCUT2D eigenvalue weighted by molar-refractivity contribution is 5.87. The Hall–Kier alpha value is -2.32. The van der Waals surface area contributed by atoms with Crippen molar-refractivity contribution in [2.75, 3.05) is 19.7 Å². The van der Waals surface area contributed by atoms with Crippen molar-refractivity contribution in [2.24, 2.45) is 5.92 Å². The van der Waals surface area contributed by atoms with E-state index >= 15 is 0 Å². The number of piperazine rings is 1. The van der Waals surface area contributed by atoms with E-state index in [1.165, 1.54) is 0 Å². The number of hydrogen-bond donors (Lipinski definition) is 1. The van der Waals surface area contributed by atoms with Crippen molar-refractivity contribution in [2.45, 2.75) is 45.2 Å². The zero-order valence-corrected chi connectivity index (χ0v) is 15.6. The Morgan fingerprint density at radius 3 is 2.58 bits per heavy atom. The summed E-state index contributed by atoms with van der Waals surface area (Å²) in [6, 6.07) is 7.76. The van der Waals surface area contributed by atoms with Crippen molar-refractivity contribution in [1.82, 2.24) is 9.80 Å². The van der Waals surface area contributed by atoms with Crippen LogP contribution >= 0.6 is 0 Å². The molecule has 0 aliphatic carbocycles.